The first-order valence-corrected chi connectivity index (χ1v) is 7.61. The van der Waals surface area contributed by atoms with E-state index >= 15 is 0 Å². The standard InChI is InChI=1S/C13H18ClN3S/c1-4-11(13-16-10(7-14)8-18-13)17-6-5-15-12(17)9(2)3/h5-6,8-9,11H,4,7H2,1-3H3. The summed E-state index contributed by atoms with van der Waals surface area (Å²) in [6, 6.07) is 0.270. The molecule has 0 saturated heterocycles. The number of rotatable bonds is 5. The zero-order chi connectivity index (χ0) is 13.1. The molecule has 98 valence electrons. The van der Waals surface area contributed by atoms with Crippen molar-refractivity contribution in [3.8, 4) is 0 Å². The molecule has 2 aromatic rings. The Labute approximate surface area is 117 Å². The second kappa shape index (κ2) is 5.85. The minimum atomic E-state index is 0.270. The highest BCUT2D eigenvalue weighted by Gasteiger charge is 2.19. The van der Waals surface area contributed by atoms with Crippen LogP contribution >= 0.6 is 22.9 Å². The van der Waals surface area contributed by atoms with E-state index in [1.54, 1.807) is 11.3 Å². The lowest BCUT2D eigenvalue weighted by Gasteiger charge is -2.18. The molecule has 5 heteroatoms. The van der Waals surface area contributed by atoms with Crippen molar-refractivity contribution in [1.29, 1.82) is 0 Å². The maximum Gasteiger partial charge on any atom is 0.116 e. The second-order valence-electron chi connectivity index (χ2n) is 4.58. The molecule has 1 atom stereocenters. The van der Waals surface area contributed by atoms with Gasteiger partial charge in [0, 0.05) is 23.7 Å². The summed E-state index contributed by atoms with van der Waals surface area (Å²) in [5.41, 5.74) is 0.960. The molecule has 1 unspecified atom stereocenters. The molecule has 0 saturated carbocycles. The van der Waals surface area contributed by atoms with E-state index < -0.39 is 0 Å². The summed E-state index contributed by atoms with van der Waals surface area (Å²) in [6.07, 6.45) is 4.92. The van der Waals surface area contributed by atoms with E-state index in [1.165, 1.54) is 0 Å². The first-order chi connectivity index (χ1) is 8.67. The van der Waals surface area contributed by atoms with Crippen molar-refractivity contribution < 1.29 is 0 Å². The smallest absolute Gasteiger partial charge is 0.116 e. The number of hydrogen-bond acceptors (Lipinski definition) is 3. The number of thiazole rings is 1. The Balaban J connectivity index is 2.35. The lowest BCUT2D eigenvalue weighted by atomic mass is 10.1. The van der Waals surface area contributed by atoms with Gasteiger partial charge < -0.3 is 4.57 Å². The molecule has 0 fully saturated rings. The molecule has 0 aromatic carbocycles. The fourth-order valence-corrected chi connectivity index (χ4v) is 3.29. The molecule has 0 spiro atoms. The molecule has 3 nitrogen and oxygen atoms in total. The summed E-state index contributed by atoms with van der Waals surface area (Å²) >= 11 is 7.50. The minimum absolute atomic E-state index is 0.270. The second-order valence-corrected chi connectivity index (χ2v) is 5.74. The molecule has 0 radical (unpaired) electrons. The quantitative estimate of drug-likeness (QED) is 0.770. The van der Waals surface area contributed by atoms with Crippen LogP contribution in [0, 0.1) is 0 Å². The van der Waals surface area contributed by atoms with Crippen molar-refractivity contribution in [3.05, 3.63) is 34.3 Å². The predicted molar refractivity (Wildman–Crippen MR) is 76.4 cm³/mol. The van der Waals surface area contributed by atoms with Gasteiger partial charge in [-0.05, 0) is 6.42 Å². The van der Waals surface area contributed by atoms with E-state index in [0.29, 0.717) is 11.8 Å². The van der Waals surface area contributed by atoms with Gasteiger partial charge in [-0.15, -0.1) is 22.9 Å². The zero-order valence-electron chi connectivity index (χ0n) is 10.9. The molecule has 0 aliphatic heterocycles. The molecule has 2 heterocycles. The summed E-state index contributed by atoms with van der Waals surface area (Å²) in [5.74, 6) is 2.01. The van der Waals surface area contributed by atoms with E-state index in [9.17, 15) is 0 Å². The lowest BCUT2D eigenvalue weighted by molar-refractivity contribution is 0.524. The summed E-state index contributed by atoms with van der Waals surface area (Å²) in [6.45, 7) is 6.51. The van der Waals surface area contributed by atoms with Crippen LogP contribution in [-0.2, 0) is 5.88 Å². The first kappa shape index (κ1) is 13.6. The SMILES string of the molecule is CCC(c1nc(CCl)cs1)n1ccnc1C(C)C. The Morgan fingerprint density at radius 3 is 2.78 bits per heavy atom. The maximum atomic E-state index is 5.82. The average Bonchev–Trinajstić information content (AvgIpc) is 2.98. The van der Waals surface area contributed by atoms with Gasteiger partial charge in [0.05, 0.1) is 17.6 Å². The zero-order valence-corrected chi connectivity index (χ0v) is 12.5. The molecular weight excluding hydrogens is 266 g/mol. The monoisotopic (exact) mass is 283 g/mol. The number of hydrogen-bond donors (Lipinski definition) is 0. The third-order valence-electron chi connectivity index (χ3n) is 2.93. The summed E-state index contributed by atoms with van der Waals surface area (Å²) < 4.78 is 2.24. The Hall–Kier alpha value is -0.870. The largest absolute Gasteiger partial charge is 0.325 e. The summed E-state index contributed by atoms with van der Waals surface area (Å²) in [5, 5.41) is 3.16. The van der Waals surface area contributed by atoms with Crippen LogP contribution in [0.3, 0.4) is 0 Å². The highest BCUT2D eigenvalue weighted by Crippen LogP contribution is 2.28. The minimum Gasteiger partial charge on any atom is -0.325 e. The van der Waals surface area contributed by atoms with E-state index in [2.05, 4.69) is 35.3 Å². The third kappa shape index (κ3) is 2.59. The number of imidazole rings is 1. The van der Waals surface area contributed by atoms with Crippen molar-refractivity contribution in [3.63, 3.8) is 0 Å². The normalized spacial score (nSPS) is 13.2. The van der Waals surface area contributed by atoms with Gasteiger partial charge in [-0.1, -0.05) is 20.8 Å². The third-order valence-corrected chi connectivity index (χ3v) is 4.20. The molecule has 0 aliphatic rings. The van der Waals surface area contributed by atoms with Crippen molar-refractivity contribution in [2.45, 2.75) is 45.0 Å². The van der Waals surface area contributed by atoms with E-state index in [1.807, 2.05) is 17.8 Å². The Morgan fingerprint density at radius 2 is 2.22 bits per heavy atom. The highest BCUT2D eigenvalue weighted by molar-refractivity contribution is 7.09. The number of halogens is 1. The molecule has 0 amide bonds. The van der Waals surface area contributed by atoms with E-state index in [4.69, 9.17) is 11.6 Å². The summed E-state index contributed by atoms with van der Waals surface area (Å²) in [4.78, 5) is 9.05. The Kier molecular flexibility index (Phi) is 4.40. The molecule has 0 aliphatic carbocycles. The van der Waals surface area contributed by atoms with Crippen LogP contribution in [-0.4, -0.2) is 14.5 Å². The average molecular weight is 284 g/mol. The topological polar surface area (TPSA) is 30.7 Å². The number of aromatic nitrogens is 3. The molecule has 0 N–H and O–H groups in total. The molecular formula is C13H18ClN3S. The van der Waals surface area contributed by atoms with Gasteiger partial charge in [-0.3, -0.25) is 0 Å². The van der Waals surface area contributed by atoms with Gasteiger partial charge in [-0.2, -0.15) is 0 Å². The number of nitrogens with zero attached hydrogens (tertiary/aromatic N) is 3. The van der Waals surface area contributed by atoms with Crippen molar-refractivity contribution in [2.24, 2.45) is 0 Å². The van der Waals surface area contributed by atoms with Crippen molar-refractivity contribution in [2.75, 3.05) is 0 Å². The van der Waals surface area contributed by atoms with Crippen LogP contribution in [0.4, 0.5) is 0 Å². The predicted octanol–water partition coefficient (Wildman–Crippen LogP) is 4.20. The number of alkyl halides is 1. The lowest BCUT2D eigenvalue weighted by Crippen LogP contribution is -2.13. The van der Waals surface area contributed by atoms with Crippen molar-refractivity contribution >= 4 is 22.9 Å². The van der Waals surface area contributed by atoms with Crippen LogP contribution in [0.25, 0.3) is 0 Å². The van der Waals surface area contributed by atoms with Gasteiger partial charge in [0.2, 0.25) is 0 Å². The van der Waals surface area contributed by atoms with Gasteiger partial charge >= 0.3 is 0 Å². The highest BCUT2D eigenvalue weighted by atomic mass is 35.5. The molecule has 18 heavy (non-hydrogen) atoms. The van der Waals surface area contributed by atoms with Crippen LogP contribution in [0.1, 0.15) is 55.7 Å². The van der Waals surface area contributed by atoms with E-state index in [0.717, 1.165) is 22.9 Å². The van der Waals surface area contributed by atoms with Gasteiger partial charge in [-0.25, -0.2) is 9.97 Å². The molecule has 2 aromatic heterocycles. The van der Waals surface area contributed by atoms with Crippen LogP contribution in [0.5, 0.6) is 0 Å². The molecule has 0 bridgehead atoms. The van der Waals surface area contributed by atoms with Crippen LogP contribution in [0.15, 0.2) is 17.8 Å². The van der Waals surface area contributed by atoms with Crippen LogP contribution < -0.4 is 0 Å². The van der Waals surface area contributed by atoms with Crippen molar-refractivity contribution in [1.82, 2.24) is 14.5 Å². The Bertz CT molecular complexity index is 504. The maximum absolute atomic E-state index is 5.82. The van der Waals surface area contributed by atoms with E-state index in [-0.39, 0.29) is 6.04 Å². The van der Waals surface area contributed by atoms with Crippen LogP contribution in [0.2, 0.25) is 0 Å². The fraction of sp³-hybridized carbons (Fsp3) is 0.538. The fourth-order valence-electron chi connectivity index (χ4n) is 2.06. The van der Waals surface area contributed by atoms with Gasteiger partial charge in [0.1, 0.15) is 10.8 Å². The summed E-state index contributed by atoms with van der Waals surface area (Å²) in [7, 11) is 0. The first-order valence-electron chi connectivity index (χ1n) is 6.20. The van der Waals surface area contributed by atoms with Gasteiger partial charge in [0.25, 0.3) is 0 Å². The van der Waals surface area contributed by atoms with Gasteiger partial charge in [0.15, 0.2) is 0 Å². The Morgan fingerprint density at radius 1 is 1.44 bits per heavy atom. The molecule has 2 rings (SSSR count).